The Kier molecular flexibility index (Phi) is 6.04. The van der Waals surface area contributed by atoms with E-state index in [1.807, 2.05) is 33.8 Å². The van der Waals surface area contributed by atoms with Crippen LogP contribution in [0.25, 0.3) is 0 Å². The van der Waals surface area contributed by atoms with Gasteiger partial charge >= 0.3 is 5.63 Å². The topological polar surface area (TPSA) is 90.7 Å². The van der Waals surface area contributed by atoms with Crippen molar-refractivity contribution in [2.45, 2.75) is 83.6 Å². The highest BCUT2D eigenvalue weighted by molar-refractivity contribution is 5.38. The van der Waals surface area contributed by atoms with Crippen molar-refractivity contribution in [2.75, 3.05) is 14.2 Å². The van der Waals surface area contributed by atoms with E-state index in [0.29, 0.717) is 11.3 Å². The normalized spacial score (nSPS) is 33.6. The summed E-state index contributed by atoms with van der Waals surface area (Å²) in [7, 11) is 3.08. The molecule has 0 bridgehead atoms. The molecule has 6 atom stereocenters. The van der Waals surface area contributed by atoms with Crippen LogP contribution in [0.15, 0.2) is 38.6 Å². The molecule has 1 aromatic heterocycles. The van der Waals surface area contributed by atoms with Crippen molar-refractivity contribution >= 4 is 0 Å². The first-order valence-corrected chi connectivity index (χ1v) is 10.5. The molecular formula is C24H34O7. The maximum Gasteiger partial charge on any atom is 0.339 e. The summed E-state index contributed by atoms with van der Waals surface area (Å²) >= 11 is 0. The van der Waals surface area contributed by atoms with Gasteiger partial charge in [0.05, 0.1) is 25.4 Å². The summed E-state index contributed by atoms with van der Waals surface area (Å²) in [5.74, 6) is 0.500. The number of hydrogen-bond donors (Lipinski definition) is 1. The molecule has 2 aliphatic heterocycles. The summed E-state index contributed by atoms with van der Waals surface area (Å²) in [6.45, 7) is 13.2. The molecule has 7 nitrogen and oxygen atoms in total. The van der Waals surface area contributed by atoms with Gasteiger partial charge in [-0.25, -0.2) is 4.79 Å². The van der Waals surface area contributed by atoms with Crippen molar-refractivity contribution in [1.82, 2.24) is 0 Å². The van der Waals surface area contributed by atoms with E-state index < -0.39 is 22.9 Å². The van der Waals surface area contributed by atoms with Crippen LogP contribution in [0.1, 0.15) is 52.9 Å². The van der Waals surface area contributed by atoms with Gasteiger partial charge in [0.2, 0.25) is 0 Å². The first kappa shape index (κ1) is 23.7. The van der Waals surface area contributed by atoms with Gasteiger partial charge < -0.3 is 28.5 Å². The smallest absolute Gasteiger partial charge is 0.339 e. The number of hydrogen-bond acceptors (Lipinski definition) is 7. The van der Waals surface area contributed by atoms with Crippen molar-refractivity contribution < 1.29 is 28.5 Å². The molecule has 1 N–H and O–H groups in total. The second-order valence-corrected chi connectivity index (χ2v) is 9.25. The monoisotopic (exact) mass is 434 g/mol. The van der Waals surface area contributed by atoms with Gasteiger partial charge in [-0.05, 0) is 71.8 Å². The van der Waals surface area contributed by atoms with Crippen LogP contribution >= 0.6 is 0 Å². The number of rotatable bonds is 7. The van der Waals surface area contributed by atoms with E-state index in [0.717, 1.165) is 11.1 Å². The Morgan fingerprint density at radius 1 is 1.26 bits per heavy atom. The second kappa shape index (κ2) is 7.89. The van der Waals surface area contributed by atoms with Gasteiger partial charge in [-0.15, -0.1) is 0 Å². The maximum absolute atomic E-state index is 11.9. The van der Waals surface area contributed by atoms with Gasteiger partial charge in [-0.2, -0.15) is 0 Å². The summed E-state index contributed by atoms with van der Waals surface area (Å²) in [6, 6.07) is 1.26. The fourth-order valence-corrected chi connectivity index (χ4v) is 4.96. The van der Waals surface area contributed by atoms with E-state index in [-0.39, 0.29) is 23.6 Å². The highest BCUT2D eigenvalue weighted by atomic mass is 16.7. The van der Waals surface area contributed by atoms with E-state index in [1.165, 1.54) is 13.2 Å². The van der Waals surface area contributed by atoms with E-state index >= 15 is 0 Å². The predicted molar refractivity (Wildman–Crippen MR) is 116 cm³/mol. The summed E-state index contributed by atoms with van der Waals surface area (Å²) in [5, 5.41) is 11.2. The Labute approximate surface area is 183 Å². The highest BCUT2D eigenvalue weighted by Gasteiger charge is 2.71. The van der Waals surface area contributed by atoms with Crippen LogP contribution in [-0.2, 0) is 19.8 Å². The molecule has 2 aliphatic rings. The number of methoxy groups -OCH3 is 2. The molecule has 0 aromatic carbocycles. The van der Waals surface area contributed by atoms with Gasteiger partial charge in [0, 0.05) is 12.7 Å². The van der Waals surface area contributed by atoms with Crippen LogP contribution in [0.4, 0.5) is 0 Å². The summed E-state index contributed by atoms with van der Waals surface area (Å²) in [5.41, 5.74) is -0.665. The van der Waals surface area contributed by atoms with Gasteiger partial charge in [-0.1, -0.05) is 0 Å². The molecular weight excluding hydrogens is 400 g/mol. The van der Waals surface area contributed by atoms with E-state index in [2.05, 4.69) is 6.92 Å². The minimum absolute atomic E-state index is 0.00329. The number of epoxide rings is 1. The lowest BCUT2D eigenvalue weighted by Crippen LogP contribution is -2.32. The lowest BCUT2D eigenvalue weighted by Gasteiger charge is -2.28. The molecule has 172 valence electrons. The van der Waals surface area contributed by atoms with Crippen molar-refractivity contribution in [3.63, 3.8) is 0 Å². The zero-order chi connectivity index (χ0) is 23.4. The van der Waals surface area contributed by atoms with Crippen molar-refractivity contribution in [2.24, 2.45) is 0 Å². The van der Waals surface area contributed by atoms with E-state index in [9.17, 15) is 9.90 Å². The standard InChI is InChI=1S/C24H34O7/c1-13(11-22(5,26)20-15(3)17(27-8)10-18(25)29-20)19(28-9)14(2)12-23(6)21-24(7,31-21)16(4)30-23/h10-12,16,19,21,26H,1-9H3/b13-11+,14-12+/t16-,19?,21+,22+,23+,24-/m1/s1. The van der Waals surface area contributed by atoms with Crippen LogP contribution in [-0.4, -0.2) is 48.8 Å². The van der Waals surface area contributed by atoms with Gasteiger partial charge in [0.15, 0.2) is 0 Å². The van der Waals surface area contributed by atoms with Crippen molar-refractivity contribution in [3.05, 3.63) is 51.1 Å². The average molecular weight is 435 g/mol. The van der Waals surface area contributed by atoms with E-state index in [1.54, 1.807) is 27.0 Å². The first-order valence-electron chi connectivity index (χ1n) is 10.5. The third-order valence-electron chi connectivity index (χ3n) is 6.52. The van der Waals surface area contributed by atoms with Gasteiger partial charge in [-0.3, -0.25) is 0 Å². The Morgan fingerprint density at radius 2 is 1.90 bits per heavy atom. The fourth-order valence-electron chi connectivity index (χ4n) is 4.96. The average Bonchev–Trinajstić information content (AvgIpc) is 3.33. The third kappa shape index (κ3) is 4.12. The number of aliphatic hydroxyl groups is 1. The quantitative estimate of drug-likeness (QED) is 0.519. The third-order valence-corrected chi connectivity index (χ3v) is 6.52. The summed E-state index contributed by atoms with van der Waals surface area (Å²) < 4.78 is 28.4. The Bertz CT molecular complexity index is 973. The molecule has 0 radical (unpaired) electrons. The minimum Gasteiger partial charge on any atom is -0.496 e. The van der Waals surface area contributed by atoms with Crippen molar-refractivity contribution in [3.8, 4) is 5.75 Å². The molecule has 0 amide bonds. The molecule has 0 saturated carbocycles. The SMILES string of the molecule is COc1cc(=O)oc([C@@](C)(O)/C=C(\C)C(OC)/C(C)=C/[C@]2(C)O[C@H](C)[C@@]3(C)O[C@H]32)c1C. The van der Waals surface area contributed by atoms with Crippen LogP contribution in [0, 0.1) is 6.92 Å². The Morgan fingerprint density at radius 3 is 2.39 bits per heavy atom. The van der Waals surface area contributed by atoms with Crippen LogP contribution < -0.4 is 10.4 Å². The van der Waals surface area contributed by atoms with Crippen molar-refractivity contribution in [1.29, 1.82) is 0 Å². The molecule has 1 unspecified atom stereocenters. The molecule has 7 heteroatoms. The van der Waals surface area contributed by atoms with Crippen LogP contribution in [0.3, 0.4) is 0 Å². The molecule has 2 saturated heterocycles. The highest BCUT2D eigenvalue weighted by Crippen LogP contribution is 2.55. The predicted octanol–water partition coefficient (Wildman–Crippen LogP) is 3.41. The number of ether oxygens (including phenoxy) is 4. The molecule has 2 fully saturated rings. The molecule has 0 aliphatic carbocycles. The van der Waals surface area contributed by atoms with E-state index in [4.69, 9.17) is 23.4 Å². The summed E-state index contributed by atoms with van der Waals surface area (Å²) in [4.78, 5) is 11.9. The fraction of sp³-hybridized carbons (Fsp3) is 0.625. The summed E-state index contributed by atoms with van der Waals surface area (Å²) in [6.07, 6.45) is 3.29. The zero-order valence-electron chi connectivity index (χ0n) is 19.9. The molecule has 1 aromatic rings. The van der Waals surface area contributed by atoms with Crippen LogP contribution in [0.5, 0.6) is 5.75 Å². The first-order chi connectivity index (χ1) is 14.3. The van der Waals surface area contributed by atoms with Crippen LogP contribution in [0.2, 0.25) is 0 Å². The lowest BCUT2D eigenvalue weighted by atomic mass is 9.89. The maximum atomic E-state index is 11.9. The Hall–Kier alpha value is -1.93. The van der Waals surface area contributed by atoms with Gasteiger partial charge in [0.25, 0.3) is 0 Å². The molecule has 3 rings (SSSR count). The minimum atomic E-state index is -1.54. The largest absolute Gasteiger partial charge is 0.496 e. The molecule has 3 heterocycles. The molecule has 31 heavy (non-hydrogen) atoms. The lowest BCUT2D eigenvalue weighted by molar-refractivity contribution is -0.0725. The second-order valence-electron chi connectivity index (χ2n) is 9.25. The molecule has 0 spiro atoms. The number of fused-ring (bicyclic) bond motifs is 1. The zero-order valence-corrected chi connectivity index (χ0v) is 19.9. The van der Waals surface area contributed by atoms with Gasteiger partial charge in [0.1, 0.15) is 34.4 Å². The Balaban J connectivity index is 1.92.